The SMILES string of the molecule is CC[C@@H](O)CN1CCc2[nH]c3ccc(F)cc3c2C1. The van der Waals surface area contributed by atoms with Crippen LogP contribution >= 0.6 is 0 Å². The van der Waals surface area contributed by atoms with Crippen LogP contribution in [-0.4, -0.2) is 34.2 Å². The molecule has 3 nitrogen and oxygen atoms in total. The van der Waals surface area contributed by atoms with Crippen molar-refractivity contribution in [1.29, 1.82) is 0 Å². The lowest BCUT2D eigenvalue weighted by Crippen LogP contribution is -2.36. The van der Waals surface area contributed by atoms with Crippen LogP contribution in [0.3, 0.4) is 0 Å². The summed E-state index contributed by atoms with van der Waals surface area (Å²) in [5, 5.41) is 10.7. The van der Waals surface area contributed by atoms with Crippen molar-refractivity contribution in [2.75, 3.05) is 13.1 Å². The Bertz CT molecular complexity index is 593. The highest BCUT2D eigenvalue weighted by Crippen LogP contribution is 2.28. The van der Waals surface area contributed by atoms with Crippen molar-refractivity contribution in [3.8, 4) is 0 Å². The summed E-state index contributed by atoms with van der Waals surface area (Å²) in [5.74, 6) is -0.194. The minimum absolute atomic E-state index is 0.194. The highest BCUT2D eigenvalue weighted by molar-refractivity contribution is 5.84. The maximum Gasteiger partial charge on any atom is 0.123 e. The zero-order chi connectivity index (χ0) is 13.4. The van der Waals surface area contributed by atoms with E-state index in [0.717, 1.165) is 36.8 Å². The van der Waals surface area contributed by atoms with Crippen LogP contribution in [0.2, 0.25) is 0 Å². The number of nitrogens with zero attached hydrogens (tertiary/aromatic N) is 1. The largest absolute Gasteiger partial charge is 0.392 e. The third-order valence-electron chi connectivity index (χ3n) is 3.96. The topological polar surface area (TPSA) is 39.3 Å². The van der Waals surface area contributed by atoms with Gasteiger partial charge in [-0.15, -0.1) is 0 Å². The summed E-state index contributed by atoms with van der Waals surface area (Å²) in [5.41, 5.74) is 3.40. The van der Waals surface area contributed by atoms with Gasteiger partial charge in [0.15, 0.2) is 0 Å². The molecule has 1 aromatic carbocycles. The second kappa shape index (κ2) is 4.94. The zero-order valence-corrected chi connectivity index (χ0v) is 11.1. The van der Waals surface area contributed by atoms with Crippen molar-refractivity contribution in [2.45, 2.75) is 32.4 Å². The molecule has 0 saturated carbocycles. The Kier molecular flexibility index (Phi) is 3.29. The predicted molar refractivity (Wildman–Crippen MR) is 73.5 cm³/mol. The Labute approximate surface area is 112 Å². The third kappa shape index (κ3) is 2.38. The van der Waals surface area contributed by atoms with E-state index >= 15 is 0 Å². The number of benzene rings is 1. The van der Waals surface area contributed by atoms with Gasteiger partial charge in [-0.05, 0) is 30.2 Å². The van der Waals surface area contributed by atoms with Crippen molar-refractivity contribution >= 4 is 10.9 Å². The summed E-state index contributed by atoms with van der Waals surface area (Å²) in [4.78, 5) is 5.62. The molecule has 19 heavy (non-hydrogen) atoms. The van der Waals surface area contributed by atoms with Gasteiger partial charge in [0, 0.05) is 42.7 Å². The van der Waals surface area contributed by atoms with Gasteiger partial charge in [0.05, 0.1) is 6.10 Å². The fraction of sp³-hybridized carbons (Fsp3) is 0.467. The standard InChI is InChI=1S/C15H19FN2O/c1-2-11(19)8-18-6-5-15-13(9-18)12-7-10(16)3-4-14(12)17-15/h3-4,7,11,17,19H,2,5-6,8-9H2,1H3/t11-/m1/s1. The predicted octanol–water partition coefficient (Wildman–Crippen LogP) is 2.44. The number of nitrogens with one attached hydrogen (secondary N) is 1. The van der Waals surface area contributed by atoms with E-state index in [1.165, 1.54) is 17.3 Å². The molecule has 1 aromatic heterocycles. The van der Waals surface area contributed by atoms with Crippen LogP contribution < -0.4 is 0 Å². The van der Waals surface area contributed by atoms with Crippen molar-refractivity contribution in [2.24, 2.45) is 0 Å². The fourth-order valence-electron chi connectivity index (χ4n) is 2.83. The summed E-state index contributed by atoms with van der Waals surface area (Å²) in [6.07, 6.45) is 1.43. The first-order chi connectivity index (χ1) is 9.17. The van der Waals surface area contributed by atoms with E-state index in [1.54, 1.807) is 12.1 Å². The molecule has 3 rings (SSSR count). The van der Waals surface area contributed by atoms with Gasteiger partial charge in [-0.3, -0.25) is 4.90 Å². The van der Waals surface area contributed by atoms with Crippen molar-refractivity contribution < 1.29 is 9.50 Å². The Balaban J connectivity index is 1.90. The van der Waals surface area contributed by atoms with Crippen LogP contribution in [0.1, 0.15) is 24.6 Å². The van der Waals surface area contributed by atoms with Gasteiger partial charge in [0.25, 0.3) is 0 Å². The van der Waals surface area contributed by atoms with E-state index in [4.69, 9.17) is 0 Å². The highest BCUT2D eigenvalue weighted by Gasteiger charge is 2.22. The molecule has 0 saturated heterocycles. The molecule has 2 heterocycles. The van der Waals surface area contributed by atoms with E-state index in [2.05, 4.69) is 9.88 Å². The summed E-state index contributed by atoms with van der Waals surface area (Å²) < 4.78 is 13.4. The minimum Gasteiger partial charge on any atom is -0.392 e. The molecular formula is C15H19FN2O. The van der Waals surface area contributed by atoms with Crippen LogP contribution in [0.15, 0.2) is 18.2 Å². The van der Waals surface area contributed by atoms with E-state index in [-0.39, 0.29) is 11.9 Å². The average Bonchev–Trinajstić information content (AvgIpc) is 2.76. The smallest absolute Gasteiger partial charge is 0.123 e. The molecule has 0 aliphatic carbocycles. The molecular weight excluding hydrogens is 243 g/mol. The minimum atomic E-state index is -0.275. The van der Waals surface area contributed by atoms with E-state index in [9.17, 15) is 9.50 Å². The van der Waals surface area contributed by atoms with Gasteiger partial charge < -0.3 is 10.1 Å². The van der Waals surface area contributed by atoms with Crippen molar-refractivity contribution in [3.05, 3.63) is 35.3 Å². The second-order valence-corrected chi connectivity index (χ2v) is 5.32. The Morgan fingerprint density at radius 2 is 2.32 bits per heavy atom. The number of aliphatic hydroxyl groups excluding tert-OH is 1. The number of fused-ring (bicyclic) bond motifs is 3. The molecule has 0 fully saturated rings. The van der Waals surface area contributed by atoms with Gasteiger partial charge in [-0.1, -0.05) is 6.92 Å². The van der Waals surface area contributed by atoms with E-state index in [1.807, 2.05) is 6.92 Å². The van der Waals surface area contributed by atoms with Crippen LogP contribution in [0, 0.1) is 5.82 Å². The summed E-state index contributed by atoms with van der Waals surface area (Å²) in [6.45, 7) is 4.41. The number of hydrogen-bond donors (Lipinski definition) is 2. The lowest BCUT2D eigenvalue weighted by Gasteiger charge is -2.28. The molecule has 0 spiro atoms. The number of halogens is 1. The molecule has 0 radical (unpaired) electrons. The average molecular weight is 262 g/mol. The summed E-state index contributed by atoms with van der Waals surface area (Å²) in [6, 6.07) is 4.89. The molecule has 1 aliphatic heterocycles. The maximum atomic E-state index is 13.4. The Morgan fingerprint density at radius 1 is 1.47 bits per heavy atom. The van der Waals surface area contributed by atoms with Crippen LogP contribution in [0.25, 0.3) is 10.9 Å². The molecule has 0 bridgehead atoms. The number of aromatic nitrogens is 1. The lowest BCUT2D eigenvalue weighted by molar-refractivity contribution is 0.102. The number of rotatable bonds is 3. The lowest BCUT2D eigenvalue weighted by atomic mass is 10.0. The van der Waals surface area contributed by atoms with Gasteiger partial charge in [0.2, 0.25) is 0 Å². The van der Waals surface area contributed by atoms with Crippen LogP contribution in [0.5, 0.6) is 0 Å². The molecule has 1 aliphatic rings. The molecule has 2 N–H and O–H groups in total. The van der Waals surface area contributed by atoms with E-state index < -0.39 is 0 Å². The fourth-order valence-corrected chi connectivity index (χ4v) is 2.83. The summed E-state index contributed by atoms with van der Waals surface area (Å²) >= 11 is 0. The number of aliphatic hydroxyl groups is 1. The molecule has 0 unspecified atom stereocenters. The molecule has 2 aromatic rings. The van der Waals surface area contributed by atoms with Crippen molar-refractivity contribution in [3.63, 3.8) is 0 Å². The van der Waals surface area contributed by atoms with Gasteiger partial charge in [-0.2, -0.15) is 0 Å². The number of hydrogen-bond acceptors (Lipinski definition) is 2. The molecule has 102 valence electrons. The third-order valence-corrected chi connectivity index (χ3v) is 3.96. The normalized spacial score (nSPS) is 17.6. The van der Waals surface area contributed by atoms with Gasteiger partial charge >= 0.3 is 0 Å². The van der Waals surface area contributed by atoms with Crippen molar-refractivity contribution in [1.82, 2.24) is 9.88 Å². The monoisotopic (exact) mass is 262 g/mol. The first-order valence-corrected chi connectivity index (χ1v) is 6.86. The molecule has 1 atom stereocenters. The number of β-amino-alcohol motifs (C(OH)–C–C–N with tert-alkyl or cyclic N) is 1. The number of H-pyrrole nitrogens is 1. The van der Waals surface area contributed by atoms with E-state index in [0.29, 0.717) is 6.54 Å². The van der Waals surface area contributed by atoms with Gasteiger partial charge in [-0.25, -0.2) is 4.39 Å². The first-order valence-electron chi connectivity index (χ1n) is 6.86. The molecule has 4 heteroatoms. The highest BCUT2D eigenvalue weighted by atomic mass is 19.1. The Morgan fingerprint density at radius 3 is 3.11 bits per heavy atom. The first kappa shape index (κ1) is 12.6. The molecule has 0 amide bonds. The zero-order valence-electron chi connectivity index (χ0n) is 11.1. The van der Waals surface area contributed by atoms with Crippen LogP contribution in [0.4, 0.5) is 4.39 Å². The summed E-state index contributed by atoms with van der Waals surface area (Å²) in [7, 11) is 0. The van der Waals surface area contributed by atoms with Crippen LogP contribution in [-0.2, 0) is 13.0 Å². The Hall–Kier alpha value is -1.39. The maximum absolute atomic E-state index is 13.4. The number of aromatic amines is 1. The van der Waals surface area contributed by atoms with Gasteiger partial charge in [0.1, 0.15) is 5.82 Å². The second-order valence-electron chi connectivity index (χ2n) is 5.32. The quantitative estimate of drug-likeness (QED) is 0.891.